The van der Waals surface area contributed by atoms with Crippen LogP contribution in [0.4, 0.5) is 17.1 Å². The maximum Gasteiger partial charge on any atom is 0.227 e. The van der Waals surface area contributed by atoms with Crippen molar-refractivity contribution in [3.05, 3.63) is 182 Å². The Balaban J connectivity index is 1.18. The van der Waals surface area contributed by atoms with Gasteiger partial charge in [0.15, 0.2) is 5.58 Å². The van der Waals surface area contributed by atoms with Crippen LogP contribution in [0, 0.1) is 0 Å². The summed E-state index contributed by atoms with van der Waals surface area (Å²) in [5, 5.41) is 4.43. The number of benzene rings is 8. The van der Waals surface area contributed by atoms with Crippen molar-refractivity contribution in [2.75, 3.05) is 4.90 Å². The molecule has 0 unspecified atom stereocenters. The number of oxazole rings is 1. The van der Waals surface area contributed by atoms with Gasteiger partial charge in [-0.25, -0.2) is 4.98 Å². The van der Waals surface area contributed by atoms with E-state index in [1.807, 2.05) is 48.5 Å². The second-order valence-electron chi connectivity index (χ2n) is 12.8. The number of hydrogen-bond acceptors (Lipinski definition) is 4. The first kappa shape index (κ1) is 29.0. The van der Waals surface area contributed by atoms with E-state index in [2.05, 4.69) is 138 Å². The number of hydrogen-bond donors (Lipinski definition) is 0. The first-order valence-electron chi connectivity index (χ1n) is 17.1. The Morgan fingerprint density at radius 3 is 1.94 bits per heavy atom. The number of fused-ring (bicyclic) bond motifs is 5. The molecule has 51 heavy (non-hydrogen) atoms. The summed E-state index contributed by atoms with van der Waals surface area (Å²) in [5.41, 5.74) is 11.8. The fourth-order valence-electron chi connectivity index (χ4n) is 7.27. The number of furan rings is 1. The maximum absolute atomic E-state index is 6.55. The minimum Gasteiger partial charge on any atom is -0.456 e. The quantitative estimate of drug-likeness (QED) is 0.179. The molecule has 0 saturated carbocycles. The molecule has 0 N–H and O–H groups in total. The fourth-order valence-corrected chi connectivity index (χ4v) is 7.27. The monoisotopic (exact) mass is 654 g/mol. The van der Waals surface area contributed by atoms with Crippen molar-refractivity contribution >= 4 is 60.9 Å². The van der Waals surface area contributed by atoms with Gasteiger partial charge < -0.3 is 13.7 Å². The van der Waals surface area contributed by atoms with Crippen LogP contribution < -0.4 is 4.90 Å². The van der Waals surface area contributed by atoms with E-state index < -0.39 is 0 Å². The van der Waals surface area contributed by atoms with Gasteiger partial charge in [0.25, 0.3) is 0 Å². The molecule has 0 aliphatic carbocycles. The van der Waals surface area contributed by atoms with Gasteiger partial charge in [0.1, 0.15) is 16.7 Å². The Bertz CT molecular complexity index is 2850. The lowest BCUT2D eigenvalue weighted by Gasteiger charge is -2.27. The van der Waals surface area contributed by atoms with Crippen LogP contribution in [0.15, 0.2) is 191 Å². The van der Waals surface area contributed by atoms with Crippen LogP contribution in [0.25, 0.3) is 77.5 Å². The predicted molar refractivity (Wildman–Crippen MR) is 210 cm³/mol. The molecule has 0 radical (unpaired) electrons. The van der Waals surface area contributed by atoms with Crippen molar-refractivity contribution in [3.8, 4) is 33.7 Å². The van der Waals surface area contributed by atoms with Gasteiger partial charge in [0.05, 0.1) is 11.1 Å². The molecule has 2 aromatic heterocycles. The highest BCUT2D eigenvalue weighted by Gasteiger charge is 2.22. The molecule has 240 valence electrons. The summed E-state index contributed by atoms with van der Waals surface area (Å²) in [4.78, 5) is 7.15. The molecule has 10 aromatic rings. The molecule has 0 amide bonds. The number of aromatic nitrogens is 1. The first-order valence-corrected chi connectivity index (χ1v) is 17.1. The summed E-state index contributed by atoms with van der Waals surface area (Å²) in [5.74, 6) is 0.591. The van der Waals surface area contributed by atoms with Crippen molar-refractivity contribution < 1.29 is 8.83 Å². The van der Waals surface area contributed by atoms with E-state index in [0.717, 1.165) is 66.8 Å². The number of anilines is 3. The van der Waals surface area contributed by atoms with E-state index in [-0.39, 0.29) is 0 Å². The van der Waals surface area contributed by atoms with Crippen LogP contribution >= 0.6 is 0 Å². The molecule has 4 nitrogen and oxygen atoms in total. The van der Waals surface area contributed by atoms with Crippen molar-refractivity contribution in [3.63, 3.8) is 0 Å². The minimum absolute atomic E-state index is 0.591. The largest absolute Gasteiger partial charge is 0.456 e. The third kappa shape index (κ3) is 5.04. The third-order valence-electron chi connectivity index (χ3n) is 9.68. The third-order valence-corrected chi connectivity index (χ3v) is 9.68. The second-order valence-corrected chi connectivity index (χ2v) is 12.8. The Morgan fingerprint density at radius 2 is 1.10 bits per heavy atom. The van der Waals surface area contributed by atoms with Crippen LogP contribution in [0.5, 0.6) is 0 Å². The molecular weight excluding hydrogens is 625 g/mol. The van der Waals surface area contributed by atoms with Crippen LogP contribution in [0.3, 0.4) is 0 Å². The van der Waals surface area contributed by atoms with Crippen LogP contribution in [0.2, 0.25) is 0 Å². The van der Waals surface area contributed by atoms with Gasteiger partial charge in [-0.2, -0.15) is 0 Å². The highest BCUT2D eigenvalue weighted by molar-refractivity contribution is 6.15. The van der Waals surface area contributed by atoms with E-state index in [0.29, 0.717) is 5.89 Å². The minimum atomic E-state index is 0.591. The SMILES string of the molecule is c1ccc(-c2ccc(N(c3cccc(-c4cccc5ccccc45)c3)c3cccc4oc5cc6nc(-c7ccccc7)oc6cc5c34)cc2)cc1. The second kappa shape index (κ2) is 11.9. The normalized spacial score (nSPS) is 11.5. The molecule has 0 fully saturated rings. The summed E-state index contributed by atoms with van der Waals surface area (Å²) in [6, 6.07) is 63.5. The van der Waals surface area contributed by atoms with E-state index in [4.69, 9.17) is 13.8 Å². The van der Waals surface area contributed by atoms with Gasteiger partial charge in [0, 0.05) is 28.4 Å². The zero-order chi connectivity index (χ0) is 33.7. The smallest absolute Gasteiger partial charge is 0.227 e. The lowest BCUT2D eigenvalue weighted by atomic mass is 9.97. The van der Waals surface area contributed by atoms with E-state index >= 15 is 0 Å². The van der Waals surface area contributed by atoms with Gasteiger partial charge in [-0.3, -0.25) is 0 Å². The molecule has 0 aliphatic rings. The Hall–Kier alpha value is -6.91. The van der Waals surface area contributed by atoms with Crippen LogP contribution in [0.1, 0.15) is 0 Å². The van der Waals surface area contributed by atoms with E-state index in [1.165, 1.54) is 21.9 Å². The number of nitrogens with zero attached hydrogens (tertiary/aromatic N) is 2. The summed E-state index contributed by atoms with van der Waals surface area (Å²) < 4.78 is 12.9. The average Bonchev–Trinajstić information content (AvgIpc) is 3.79. The molecule has 2 heterocycles. The number of rotatable bonds is 6. The molecule has 0 atom stereocenters. The van der Waals surface area contributed by atoms with Crippen molar-refractivity contribution in [1.29, 1.82) is 0 Å². The van der Waals surface area contributed by atoms with Crippen molar-refractivity contribution in [2.24, 2.45) is 0 Å². The average molecular weight is 655 g/mol. The highest BCUT2D eigenvalue weighted by atomic mass is 16.4. The van der Waals surface area contributed by atoms with Crippen molar-refractivity contribution in [2.45, 2.75) is 0 Å². The van der Waals surface area contributed by atoms with E-state index in [9.17, 15) is 0 Å². The lowest BCUT2D eigenvalue weighted by Crippen LogP contribution is -2.10. The zero-order valence-electron chi connectivity index (χ0n) is 27.5. The summed E-state index contributed by atoms with van der Waals surface area (Å²) in [7, 11) is 0. The van der Waals surface area contributed by atoms with E-state index in [1.54, 1.807) is 0 Å². The Kier molecular flexibility index (Phi) is 6.78. The molecule has 8 aromatic carbocycles. The van der Waals surface area contributed by atoms with Crippen LogP contribution in [-0.2, 0) is 0 Å². The van der Waals surface area contributed by atoms with Gasteiger partial charge in [0.2, 0.25) is 5.89 Å². The summed E-state index contributed by atoms with van der Waals surface area (Å²) >= 11 is 0. The lowest BCUT2D eigenvalue weighted by molar-refractivity contribution is 0.620. The van der Waals surface area contributed by atoms with Crippen LogP contribution in [-0.4, -0.2) is 4.98 Å². The zero-order valence-corrected chi connectivity index (χ0v) is 27.5. The maximum atomic E-state index is 6.55. The topological polar surface area (TPSA) is 42.4 Å². The summed E-state index contributed by atoms with van der Waals surface area (Å²) in [6.07, 6.45) is 0. The molecule has 0 bridgehead atoms. The first-order chi connectivity index (χ1) is 25.3. The Morgan fingerprint density at radius 1 is 0.412 bits per heavy atom. The van der Waals surface area contributed by atoms with Gasteiger partial charge >= 0.3 is 0 Å². The Labute approximate surface area is 294 Å². The molecule has 0 aliphatic heterocycles. The highest BCUT2D eigenvalue weighted by Crippen LogP contribution is 2.45. The fraction of sp³-hybridized carbons (Fsp3) is 0. The molecule has 10 rings (SSSR count). The molecule has 0 saturated heterocycles. The molecule has 4 heteroatoms. The summed E-state index contributed by atoms with van der Waals surface area (Å²) in [6.45, 7) is 0. The standard InChI is InChI=1S/C47H30N2O2/c1-3-12-31(13-4-1)32-24-26-36(27-25-32)49(37-19-9-18-35(28-37)39-21-10-17-33-14-7-8-20-38(33)39)42-22-11-23-43-46(42)40-29-45-41(30-44(40)50-43)48-47(51-45)34-15-5-2-6-16-34/h1-30H. The molecular formula is C47H30N2O2. The molecule has 0 spiro atoms. The van der Waals surface area contributed by atoms with Gasteiger partial charge in [-0.05, 0) is 87.6 Å². The van der Waals surface area contributed by atoms with Gasteiger partial charge in [-0.1, -0.05) is 121 Å². The predicted octanol–water partition coefficient (Wildman–Crippen LogP) is 13.4. The van der Waals surface area contributed by atoms with Crippen molar-refractivity contribution in [1.82, 2.24) is 4.98 Å². The van der Waals surface area contributed by atoms with Gasteiger partial charge in [-0.15, -0.1) is 0 Å².